The fourth-order valence-electron chi connectivity index (χ4n) is 8.44. The first kappa shape index (κ1) is 35.1. The number of nitrogens with zero attached hydrogens (tertiary/aromatic N) is 2. The van der Waals surface area contributed by atoms with E-state index in [0.717, 1.165) is 61.9 Å². The van der Waals surface area contributed by atoms with E-state index in [1.54, 1.807) is 6.20 Å². The molecule has 0 saturated heterocycles. The molecule has 3 saturated carbocycles. The number of aromatic nitrogens is 2. The van der Waals surface area contributed by atoms with E-state index in [9.17, 15) is 0 Å². The molecule has 3 aliphatic rings. The summed E-state index contributed by atoms with van der Waals surface area (Å²) in [7, 11) is 0. The monoisotopic (exact) mass is 959 g/mol. The van der Waals surface area contributed by atoms with Gasteiger partial charge in [0.2, 0.25) is 0 Å². The van der Waals surface area contributed by atoms with Crippen molar-refractivity contribution in [3.8, 4) is 33.6 Å². The second-order valence-electron chi connectivity index (χ2n) is 16.1. The maximum absolute atomic E-state index is 9.14. The average molecular weight is 958 g/mol. The van der Waals surface area contributed by atoms with Gasteiger partial charge in [-0.3, -0.25) is 0 Å². The second kappa shape index (κ2) is 16.0. The first-order valence-corrected chi connectivity index (χ1v) is 26.7. The standard InChI is InChI=1S/C32H28NO.C18H18GeN.Ir/c1-2-5-23(6-3-1)25-13-14-27-28-7-4-8-29(32(28)34-31(27)20-25)30-19-22(15-16-33-30)18-26-17-21-9-11-24(26)12-10-21;1-19(2,3)17-10-11-18(20-13-17)16-9-8-14-6-4-5-7-15(14)12-16;/h1-7,13-16,19-21,24,26H,9-12,17-18H2;4-8,10-13H,1-3H3;/q2*-1;/i18D2;;. The van der Waals surface area contributed by atoms with Crippen molar-refractivity contribution in [2.75, 3.05) is 0 Å². The van der Waals surface area contributed by atoms with Crippen molar-refractivity contribution in [1.29, 1.82) is 0 Å². The van der Waals surface area contributed by atoms with Gasteiger partial charge in [0.25, 0.3) is 0 Å². The minimum Gasteiger partial charge on any atom is 0 e. The van der Waals surface area contributed by atoms with Crippen molar-refractivity contribution < 1.29 is 27.3 Å². The Morgan fingerprint density at radius 2 is 1.55 bits per heavy atom. The molecule has 3 aliphatic carbocycles. The summed E-state index contributed by atoms with van der Waals surface area (Å²) in [6.07, 6.45) is 8.32. The Kier molecular flexibility index (Phi) is 10.2. The van der Waals surface area contributed by atoms with E-state index in [-0.39, 0.29) is 26.0 Å². The van der Waals surface area contributed by atoms with E-state index >= 15 is 0 Å². The Morgan fingerprint density at radius 1 is 0.745 bits per heavy atom. The van der Waals surface area contributed by atoms with Crippen molar-refractivity contribution in [1.82, 2.24) is 9.97 Å². The van der Waals surface area contributed by atoms with Crippen LogP contribution in [0.3, 0.4) is 0 Å². The number of rotatable bonds is 6. The smallest absolute Gasteiger partial charge is 0 e. The van der Waals surface area contributed by atoms with Crippen molar-refractivity contribution in [2.24, 2.45) is 17.8 Å². The summed E-state index contributed by atoms with van der Waals surface area (Å²) in [6, 6.07) is 48.0. The zero-order valence-electron chi connectivity index (χ0n) is 33.6. The molecule has 55 heavy (non-hydrogen) atoms. The van der Waals surface area contributed by atoms with Gasteiger partial charge in [0.1, 0.15) is 5.58 Å². The molecule has 5 heteroatoms. The molecule has 277 valence electrons. The Balaban J connectivity index is 0.000000185. The summed E-state index contributed by atoms with van der Waals surface area (Å²) >= 11 is -1.77. The van der Waals surface area contributed by atoms with Crippen molar-refractivity contribution in [3.63, 3.8) is 0 Å². The predicted molar refractivity (Wildman–Crippen MR) is 227 cm³/mol. The molecular formula is C50H46GeIrN2O-2. The largest absolute Gasteiger partial charge is 0 e. The maximum Gasteiger partial charge on any atom is 0 e. The fourth-order valence-corrected chi connectivity index (χ4v) is 10.6. The summed E-state index contributed by atoms with van der Waals surface area (Å²) in [5.41, 5.74) is 8.14. The van der Waals surface area contributed by atoms with Gasteiger partial charge in [0, 0.05) is 34.4 Å². The second-order valence-corrected chi connectivity index (χ2v) is 26.8. The minimum atomic E-state index is -1.77. The molecule has 0 N–H and O–H groups in total. The molecule has 1 radical (unpaired) electrons. The van der Waals surface area contributed by atoms with E-state index < -0.39 is 19.6 Å². The zero-order chi connectivity index (χ0) is 38.4. The molecule has 1 atom stereocenters. The molecule has 0 amide bonds. The van der Waals surface area contributed by atoms with Gasteiger partial charge < -0.3 is 9.40 Å². The average Bonchev–Trinajstić information content (AvgIpc) is 3.62. The first-order chi connectivity index (χ1) is 27.1. The summed E-state index contributed by atoms with van der Waals surface area (Å²) in [4.78, 5) is 9.28. The van der Waals surface area contributed by atoms with E-state index in [1.807, 2.05) is 48.5 Å². The van der Waals surface area contributed by atoms with E-state index in [4.69, 9.17) is 7.16 Å². The third kappa shape index (κ3) is 8.01. The summed E-state index contributed by atoms with van der Waals surface area (Å²) < 4.78 is 26.1. The Hall–Kier alpha value is -4.35. The number of hydrogen-bond acceptors (Lipinski definition) is 3. The van der Waals surface area contributed by atoms with Crippen LogP contribution in [-0.4, -0.2) is 23.2 Å². The molecule has 3 heterocycles. The molecule has 11 rings (SSSR count). The van der Waals surface area contributed by atoms with Crippen LogP contribution in [-0.2, 0) is 26.5 Å². The van der Waals surface area contributed by atoms with Gasteiger partial charge in [-0.05, 0) is 72.3 Å². The quantitative estimate of drug-likeness (QED) is 0.123. The van der Waals surface area contributed by atoms with Gasteiger partial charge in [-0.1, -0.05) is 77.9 Å². The number of hydrogen-bond donors (Lipinski definition) is 0. The van der Waals surface area contributed by atoms with E-state index in [1.165, 1.54) is 40.9 Å². The van der Waals surface area contributed by atoms with Crippen LogP contribution < -0.4 is 4.40 Å². The third-order valence-corrected chi connectivity index (χ3v) is 15.8. The molecule has 1 unspecified atom stereocenters. The van der Waals surface area contributed by atoms with Crippen LogP contribution in [0.4, 0.5) is 0 Å². The molecule has 3 nitrogen and oxygen atoms in total. The molecular weight excluding hydrogens is 909 g/mol. The van der Waals surface area contributed by atoms with Gasteiger partial charge in [-0.25, -0.2) is 0 Å². The molecule has 3 fully saturated rings. The Labute approximate surface area is 344 Å². The van der Waals surface area contributed by atoms with Crippen molar-refractivity contribution in [2.45, 2.75) is 55.7 Å². The topological polar surface area (TPSA) is 38.9 Å². The number of benzene rings is 5. The predicted octanol–water partition coefficient (Wildman–Crippen LogP) is 12.7. The molecule has 2 bridgehead atoms. The van der Waals surface area contributed by atoms with Crippen LogP contribution in [0.5, 0.6) is 0 Å². The summed E-state index contributed by atoms with van der Waals surface area (Å²) in [6.45, 7) is 0. The Bertz CT molecular complexity index is 2660. The summed E-state index contributed by atoms with van der Waals surface area (Å²) in [5, 5.41) is 4.54. The van der Waals surface area contributed by atoms with Crippen molar-refractivity contribution in [3.05, 3.63) is 151 Å². The number of pyridine rings is 2. The van der Waals surface area contributed by atoms with Gasteiger partial charge >= 0.3 is 123 Å². The fraction of sp³-hybridized carbons (Fsp3) is 0.240. The SMILES string of the molecule is [2H]C([2H])(c1ccnc(-c2[c-]ccc3c2oc2cc(-c4ccccc4)ccc23)c1)C1CC2CCC1CC2.[CH3][Ge]([CH3])([CH3])[c]1ccc(-c2[c-]cc3ccccc3c2)nc1.[Ir]. The van der Waals surface area contributed by atoms with Crippen LogP contribution in [0.15, 0.2) is 138 Å². The molecule has 0 aliphatic heterocycles. The van der Waals surface area contributed by atoms with Crippen LogP contribution in [0.25, 0.3) is 66.4 Å². The normalized spacial score (nSPS) is 18.6. The number of fused-ring (bicyclic) bond motifs is 7. The molecule has 8 aromatic rings. The maximum atomic E-state index is 9.14. The van der Waals surface area contributed by atoms with Crippen LogP contribution in [0.2, 0.25) is 17.3 Å². The van der Waals surface area contributed by atoms with E-state index in [0.29, 0.717) is 17.5 Å². The number of furan rings is 1. The minimum absolute atomic E-state index is 0. The van der Waals surface area contributed by atoms with Crippen LogP contribution in [0, 0.1) is 29.9 Å². The Morgan fingerprint density at radius 3 is 2.29 bits per heavy atom. The third-order valence-electron chi connectivity index (χ3n) is 11.5. The summed E-state index contributed by atoms with van der Waals surface area (Å²) in [5.74, 6) is 8.43. The van der Waals surface area contributed by atoms with Crippen LogP contribution >= 0.6 is 0 Å². The first-order valence-electron chi connectivity index (χ1n) is 20.4. The zero-order valence-corrected chi connectivity index (χ0v) is 36.1. The van der Waals surface area contributed by atoms with Gasteiger partial charge in [-0.2, -0.15) is 0 Å². The van der Waals surface area contributed by atoms with Gasteiger partial charge in [-0.15, -0.1) is 18.2 Å². The van der Waals surface area contributed by atoms with Gasteiger partial charge in [0.15, 0.2) is 0 Å². The molecule has 5 aromatic carbocycles. The molecule has 0 spiro atoms. The van der Waals surface area contributed by atoms with E-state index in [2.05, 4.69) is 118 Å². The van der Waals surface area contributed by atoms with Gasteiger partial charge in [0.05, 0.1) is 5.58 Å². The van der Waals surface area contributed by atoms with Crippen molar-refractivity contribution >= 4 is 50.4 Å². The van der Waals surface area contributed by atoms with Crippen LogP contribution in [0.1, 0.15) is 40.4 Å². The molecule has 3 aromatic heterocycles.